The highest BCUT2D eigenvalue weighted by Crippen LogP contribution is 2.19. The maximum Gasteiger partial charge on any atom is 0.410 e. The van der Waals surface area contributed by atoms with Crippen LogP contribution in [0.2, 0.25) is 0 Å². The molecule has 0 saturated carbocycles. The summed E-state index contributed by atoms with van der Waals surface area (Å²) in [6.07, 6.45) is 1.39. The first-order valence-electron chi connectivity index (χ1n) is 6.59. The lowest BCUT2D eigenvalue weighted by molar-refractivity contribution is 0.0273. The summed E-state index contributed by atoms with van der Waals surface area (Å²) >= 11 is 0. The van der Waals surface area contributed by atoms with Crippen molar-refractivity contribution in [2.75, 3.05) is 32.9 Å². The Morgan fingerprint density at radius 3 is 2.78 bits per heavy atom. The van der Waals surface area contributed by atoms with E-state index in [4.69, 9.17) is 14.6 Å². The van der Waals surface area contributed by atoms with E-state index in [1.807, 2.05) is 20.8 Å². The molecule has 0 aromatic carbocycles. The zero-order valence-electron chi connectivity index (χ0n) is 11.6. The predicted octanol–water partition coefficient (Wildman–Crippen LogP) is 1.64. The van der Waals surface area contributed by atoms with E-state index < -0.39 is 5.60 Å². The summed E-state index contributed by atoms with van der Waals surface area (Å²) in [4.78, 5) is 13.6. The fourth-order valence-electron chi connectivity index (χ4n) is 1.88. The minimum Gasteiger partial charge on any atom is -0.444 e. The van der Waals surface area contributed by atoms with Crippen molar-refractivity contribution in [2.24, 2.45) is 5.92 Å². The molecule has 1 aliphatic rings. The summed E-state index contributed by atoms with van der Waals surface area (Å²) in [5, 5.41) is 8.63. The Hall–Kier alpha value is -0.810. The molecule has 106 valence electrons. The lowest BCUT2D eigenvalue weighted by Crippen LogP contribution is -2.35. The zero-order chi connectivity index (χ0) is 13.6. The van der Waals surface area contributed by atoms with Crippen LogP contribution < -0.4 is 0 Å². The average molecular weight is 259 g/mol. The van der Waals surface area contributed by atoms with Crippen LogP contribution in [0.25, 0.3) is 0 Å². The van der Waals surface area contributed by atoms with Gasteiger partial charge in [-0.3, -0.25) is 0 Å². The van der Waals surface area contributed by atoms with E-state index in [0.717, 1.165) is 13.0 Å². The predicted molar refractivity (Wildman–Crippen MR) is 68.4 cm³/mol. The summed E-state index contributed by atoms with van der Waals surface area (Å²) in [5.74, 6) is 0.385. The number of aliphatic hydroxyl groups excluding tert-OH is 1. The van der Waals surface area contributed by atoms with Crippen molar-refractivity contribution in [3.63, 3.8) is 0 Å². The Morgan fingerprint density at radius 1 is 1.44 bits per heavy atom. The van der Waals surface area contributed by atoms with Crippen molar-refractivity contribution in [3.8, 4) is 0 Å². The maximum absolute atomic E-state index is 11.8. The largest absolute Gasteiger partial charge is 0.444 e. The SMILES string of the molecule is CC(C)(C)OC(=O)N1CCC(COCCCO)C1. The number of nitrogens with zero attached hydrogens (tertiary/aromatic N) is 1. The van der Waals surface area contributed by atoms with Gasteiger partial charge >= 0.3 is 6.09 Å². The molecule has 1 saturated heterocycles. The molecule has 1 amide bonds. The summed E-state index contributed by atoms with van der Waals surface area (Å²) in [7, 11) is 0. The van der Waals surface area contributed by atoms with E-state index >= 15 is 0 Å². The van der Waals surface area contributed by atoms with Crippen LogP contribution in [0.3, 0.4) is 0 Å². The molecule has 1 heterocycles. The molecule has 0 aliphatic carbocycles. The smallest absolute Gasteiger partial charge is 0.410 e. The summed E-state index contributed by atoms with van der Waals surface area (Å²) in [5.41, 5.74) is -0.438. The van der Waals surface area contributed by atoms with Gasteiger partial charge in [0.05, 0.1) is 6.61 Å². The second-order valence-electron chi connectivity index (χ2n) is 5.73. The fourth-order valence-corrected chi connectivity index (χ4v) is 1.88. The van der Waals surface area contributed by atoms with Gasteiger partial charge < -0.3 is 19.5 Å². The first-order valence-corrected chi connectivity index (χ1v) is 6.59. The van der Waals surface area contributed by atoms with Crippen LogP contribution in [0.4, 0.5) is 4.79 Å². The summed E-state index contributed by atoms with van der Waals surface area (Å²) < 4.78 is 10.8. The van der Waals surface area contributed by atoms with E-state index in [2.05, 4.69) is 0 Å². The molecule has 0 bridgehead atoms. The van der Waals surface area contributed by atoms with Crippen molar-refractivity contribution in [1.29, 1.82) is 0 Å². The Labute approximate surface area is 109 Å². The molecule has 5 heteroatoms. The number of carbonyl (C=O) groups is 1. The number of carbonyl (C=O) groups excluding carboxylic acids is 1. The van der Waals surface area contributed by atoms with E-state index in [1.165, 1.54) is 0 Å². The summed E-state index contributed by atoms with van der Waals surface area (Å²) in [6, 6.07) is 0. The third-order valence-electron chi connectivity index (χ3n) is 2.74. The van der Waals surface area contributed by atoms with Gasteiger partial charge in [0.25, 0.3) is 0 Å². The third kappa shape index (κ3) is 5.69. The Bertz CT molecular complexity index is 262. The molecule has 0 aromatic heterocycles. The van der Waals surface area contributed by atoms with Gasteiger partial charge in [-0.05, 0) is 33.6 Å². The Morgan fingerprint density at radius 2 is 2.17 bits per heavy atom. The quantitative estimate of drug-likeness (QED) is 0.763. The lowest BCUT2D eigenvalue weighted by Gasteiger charge is -2.24. The molecular formula is C13H25NO4. The van der Waals surface area contributed by atoms with Crippen LogP contribution in [-0.4, -0.2) is 54.6 Å². The monoisotopic (exact) mass is 259 g/mol. The van der Waals surface area contributed by atoms with Crippen molar-refractivity contribution in [1.82, 2.24) is 4.90 Å². The van der Waals surface area contributed by atoms with Crippen molar-refractivity contribution < 1.29 is 19.4 Å². The molecule has 1 fully saturated rings. The maximum atomic E-state index is 11.8. The van der Waals surface area contributed by atoms with E-state index in [-0.39, 0.29) is 12.7 Å². The fraction of sp³-hybridized carbons (Fsp3) is 0.923. The van der Waals surface area contributed by atoms with Crippen molar-refractivity contribution in [3.05, 3.63) is 0 Å². The van der Waals surface area contributed by atoms with E-state index in [9.17, 15) is 4.79 Å². The lowest BCUT2D eigenvalue weighted by atomic mass is 10.1. The highest BCUT2D eigenvalue weighted by Gasteiger charge is 2.29. The van der Waals surface area contributed by atoms with Crippen LogP contribution in [0.5, 0.6) is 0 Å². The molecule has 5 nitrogen and oxygen atoms in total. The van der Waals surface area contributed by atoms with Gasteiger partial charge in [0.15, 0.2) is 0 Å². The molecule has 18 heavy (non-hydrogen) atoms. The van der Waals surface area contributed by atoms with Crippen molar-refractivity contribution in [2.45, 2.75) is 39.2 Å². The van der Waals surface area contributed by atoms with Gasteiger partial charge in [-0.25, -0.2) is 4.79 Å². The first kappa shape index (κ1) is 15.2. The standard InChI is InChI=1S/C13H25NO4/c1-13(2,3)18-12(16)14-6-5-11(9-14)10-17-8-4-7-15/h11,15H,4-10H2,1-3H3. The number of rotatable bonds is 5. The van der Waals surface area contributed by atoms with Crippen LogP contribution in [0, 0.1) is 5.92 Å². The zero-order valence-corrected chi connectivity index (χ0v) is 11.6. The number of likely N-dealkylation sites (tertiary alicyclic amines) is 1. The van der Waals surface area contributed by atoms with Gasteiger partial charge in [-0.2, -0.15) is 0 Å². The third-order valence-corrected chi connectivity index (χ3v) is 2.74. The number of aliphatic hydroxyl groups is 1. The highest BCUT2D eigenvalue weighted by atomic mass is 16.6. The van der Waals surface area contributed by atoms with Gasteiger partial charge in [-0.15, -0.1) is 0 Å². The number of ether oxygens (including phenoxy) is 2. The van der Waals surface area contributed by atoms with E-state index in [1.54, 1.807) is 4.90 Å². The summed E-state index contributed by atoms with van der Waals surface area (Å²) in [6.45, 7) is 8.45. The second-order valence-corrected chi connectivity index (χ2v) is 5.73. The second kappa shape index (κ2) is 6.95. The van der Waals surface area contributed by atoms with Crippen LogP contribution in [0.1, 0.15) is 33.6 Å². The topological polar surface area (TPSA) is 59.0 Å². The van der Waals surface area contributed by atoms with Crippen LogP contribution in [-0.2, 0) is 9.47 Å². The normalized spacial score (nSPS) is 20.2. The van der Waals surface area contributed by atoms with Crippen LogP contribution in [0.15, 0.2) is 0 Å². The minimum absolute atomic E-state index is 0.161. The number of hydrogen-bond donors (Lipinski definition) is 1. The molecular weight excluding hydrogens is 234 g/mol. The van der Waals surface area contributed by atoms with E-state index in [0.29, 0.717) is 32.1 Å². The van der Waals surface area contributed by atoms with Gasteiger partial charge in [0.1, 0.15) is 5.60 Å². The number of amides is 1. The molecule has 0 spiro atoms. The van der Waals surface area contributed by atoms with Crippen LogP contribution >= 0.6 is 0 Å². The highest BCUT2D eigenvalue weighted by molar-refractivity contribution is 5.68. The number of hydrogen-bond acceptors (Lipinski definition) is 4. The molecule has 1 atom stereocenters. The molecule has 0 aromatic rings. The van der Waals surface area contributed by atoms with Gasteiger partial charge in [0.2, 0.25) is 0 Å². The van der Waals surface area contributed by atoms with Gasteiger partial charge in [-0.1, -0.05) is 0 Å². The molecule has 1 N–H and O–H groups in total. The molecule has 0 radical (unpaired) electrons. The molecule has 1 rings (SSSR count). The Balaban J connectivity index is 2.22. The average Bonchev–Trinajstić information content (AvgIpc) is 2.71. The Kier molecular flexibility index (Phi) is 5.88. The molecule has 1 unspecified atom stereocenters. The molecule has 1 aliphatic heterocycles. The first-order chi connectivity index (χ1) is 8.42. The van der Waals surface area contributed by atoms with Crippen molar-refractivity contribution >= 4 is 6.09 Å². The van der Waals surface area contributed by atoms with Gasteiger partial charge in [0, 0.05) is 32.2 Å². The minimum atomic E-state index is -0.438.